The van der Waals surface area contributed by atoms with Gasteiger partial charge in [0.05, 0.1) is 5.60 Å². The predicted molar refractivity (Wildman–Crippen MR) is 38.8 cm³/mol. The Hall–Kier alpha value is -0.440. The van der Waals surface area contributed by atoms with Gasteiger partial charge in [0.25, 0.3) is 0 Å². The van der Waals surface area contributed by atoms with Crippen molar-refractivity contribution in [2.45, 2.75) is 44.9 Å². The highest BCUT2D eigenvalue weighted by Crippen LogP contribution is 2.33. The first-order chi connectivity index (χ1) is 4.41. The third-order valence-corrected chi connectivity index (χ3v) is 1.65. The first kappa shape index (κ1) is 7.66. The monoisotopic (exact) mass is 142 g/mol. The summed E-state index contributed by atoms with van der Waals surface area (Å²) in [5.74, 6) is 0. The van der Waals surface area contributed by atoms with Crippen molar-refractivity contribution < 1.29 is 5.11 Å². The van der Waals surface area contributed by atoms with Crippen molar-refractivity contribution in [1.29, 1.82) is 0 Å². The van der Waals surface area contributed by atoms with Gasteiger partial charge in [-0.3, -0.25) is 0 Å². The summed E-state index contributed by atoms with van der Waals surface area (Å²) in [5, 5.41) is 17.0. The average molecular weight is 142 g/mol. The molecule has 1 N–H and O–H groups in total. The Morgan fingerprint density at radius 2 is 1.90 bits per heavy atom. The van der Waals surface area contributed by atoms with Gasteiger partial charge in [0.1, 0.15) is 0 Å². The third kappa shape index (κ3) is 2.43. The highest BCUT2D eigenvalue weighted by Gasteiger charge is 2.34. The van der Waals surface area contributed by atoms with E-state index in [1.54, 1.807) is 13.8 Å². The highest BCUT2D eigenvalue weighted by atomic mass is 16.3. The molecule has 3 heteroatoms. The van der Waals surface area contributed by atoms with Crippen LogP contribution in [0.5, 0.6) is 0 Å². The van der Waals surface area contributed by atoms with E-state index < -0.39 is 5.60 Å². The van der Waals surface area contributed by atoms with Gasteiger partial charge in [0.15, 0.2) is 5.66 Å². The van der Waals surface area contributed by atoms with Crippen LogP contribution in [-0.4, -0.2) is 16.4 Å². The Bertz CT molecular complexity index is 146. The van der Waals surface area contributed by atoms with Crippen molar-refractivity contribution in [2.24, 2.45) is 10.2 Å². The summed E-state index contributed by atoms with van der Waals surface area (Å²) in [6.45, 7) is 5.58. The SMILES string of the molecule is CC(C)(O)CCC1(C)N=N1. The lowest BCUT2D eigenvalue weighted by atomic mass is 9.98. The zero-order valence-corrected chi connectivity index (χ0v) is 6.76. The zero-order chi connectivity index (χ0) is 7.83. The molecule has 0 fully saturated rings. The summed E-state index contributed by atoms with van der Waals surface area (Å²) in [6, 6.07) is 0. The molecule has 0 saturated heterocycles. The molecule has 0 aromatic rings. The summed E-state index contributed by atoms with van der Waals surface area (Å²) in [7, 11) is 0. The van der Waals surface area contributed by atoms with Crippen molar-refractivity contribution in [3.8, 4) is 0 Å². The Kier molecular flexibility index (Phi) is 1.55. The number of rotatable bonds is 3. The molecule has 0 radical (unpaired) electrons. The van der Waals surface area contributed by atoms with Crippen LogP contribution in [0.2, 0.25) is 0 Å². The van der Waals surface area contributed by atoms with Crippen LogP contribution in [0.3, 0.4) is 0 Å². The average Bonchev–Trinajstić information content (AvgIpc) is 2.43. The van der Waals surface area contributed by atoms with E-state index in [1.165, 1.54) is 0 Å². The van der Waals surface area contributed by atoms with Gasteiger partial charge in [-0.1, -0.05) is 0 Å². The molecular formula is C7H14N2O. The molecule has 0 spiro atoms. The summed E-state index contributed by atoms with van der Waals surface area (Å²) >= 11 is 0. The minimum absolute atomic E-state index is 0.153. The third-order valence-electron chi connectivity index (χ3n) is 1.65. The molecule has 0 aliphatic carbocycles. The highest BCUT2D eigenvalue weighted by molar-refractivity contribution is 4.89. The minimum Gasteiger partial charge on any atom is -0.390 e. The second kappa shape index (κ2) is 2.02. The molecule has 0 bridgehead atoms. The van der Waals surface area contributed by atoms with Crippen LogP contribution >= 0.6 is 0 Å². The maximum absolute atomic E-state index is 9.33. The van der Waals surface area contributed by atoms with Crippen LogP contribution in [0.15, 0.2) is 10.2 Å². The van der Waals surface area contributed by atoms with Crippen LogP contribution < -0.4 is 0 Å². The van der Waals surface area contributed by atoms with E-state index in [9.17, 15) is 5.11 Å². The van der Waals surface area contributed by atoms with E-state index in [0.717, 1.165) is 12.8 Å². The number of nitrogens with zero attached hydrogens (tertiary/aromatic N) is 2. The Morgan fingerprint density at radius 1 is 1.40 bits per heavy atom. The Morgan fingerprint density at radius 3 is 2.20 bits per heavy atom. The molecule has 3 nitrogen and oxygen atoms in total. The predicted octanol–water partition coefficient (Wildman–Crippen LogP) is 1.72. The second-order valence-electron chi connectivity index (χ2n) is 3.73. The van der Waals surface area contributed by atoms with Gasteiger partial charge in [-0.2, -0.15) is 10.2 Å². The Balaban J connectivity index is 2.17. The first-order valence-electron chi connectivity index (χ1n) is 3.58. The van der Waals surface area contributed by atoms with E-state index >= 15 is 0 Å². The van der Waals surface area contributed by atoms with Gasteiger partial charge in [-0.15, -0.1) is 0 Å². The lowest BCUT2D eigenvalue weighted by molar-refractivity contribution is 0.0656. The maximum Gasteiger partial charge on any atom is 0.188 e. The summed E-state index contributed by atoms with van der Waals surface area (Å²) in [6.07, 6.45) is 1.62. The second-order valence-corrected chi connectivity index (χ2v) is 3.73. The largest absolute Gasteiger partial charge is 0.390 e. The summed E-state index contributed by atoms with van der Waals surface area (Å²) < 4.78 is 0. The number of aliphatic hydroxyl groups is 1. The summed E-state index contributed by atoms with van der Waals surface area (Å²) in [4.78, 5) is 0. The quantitative estimate of drug-likeness (QED) is 0.640. The van der Waals surface area contributed by atoms with Crippen molar-refractivity contribution in [3.05, 3.63) is 0 Å². The van der Waals surface area contributed by atoms with E-state index in [1.807, 2.05) is 6.92 Å². The molecule has 58 valence electrons. The zero-order valence-electron chi connectivity index (χ0n) is 6.76. The lowest BCUT2D eigenvalue weighted by Gasteiger charge is -2.17. The lowest BCUT2D eigenvalue weighted by Crippen LogP contribution is -2.21. The molecule has 0 amide bonds. The molecule has 1 heterocycles. The fourth-order valence-corrected chi connectivity index (χ4v) is 0.728. The van der Waals surface area contributed by atoms with E-state index in [-0.39, 0.29) is 5.66 Å². The van der Waals surface area contributed by atoms with Gasteiger partial charge < -0.3 is 5.11 Å². The molecule has 0 aromatic heterocycles. The van der Waals surface area contributed by atoms with Gasteiger partial charge in [0, 0.05) is 0 Å². The molecule has 1 aliphatic heterocycles. The molecule has 0 unspecified atom stereocenters. The summed E-state index contributed by atoms with van der Waals surface area (Å²) in [5.41, 5.74) is -0.726. The topological polar surface area (TPSA) is 45.0 Å². The van der Waals surface area contributed by atoms with Crippen molar-refractivity contribution >= 4 is 0 Å². The molecule has 0 saturated carbocycles. The van der Waals surface area contributed by atoms with Crippen LogP contribution in [-0.2, 0) is 0 Å². The van der Waals surface area contributed by atoms with Crippen molar-refractivity contribution in [1.82, 2.24) is 0 Å². The smallest absolute Gasteiger partial charge is 0.188 e. The van der Waals surface area contributed by atoms with Crippen LogP contribution in [0.1, 0.15) is 33.6 Å². The van der Waals surface area contributed by atoms with E-state index in [0.29, 0.717) is 0 Å². The Labute approximate surface area is 61.2 Å². The fraction of sp³-hybridized carbons (Fsp3) is 1.00. The normalized spacial score (nSPS) is 21.2. The van der Waals surface area contributed by atoms with Gasteiger partial charge in [-0.25, -0.2) is 0 Å². The van der Waals surface area contributed by atoms with Crippen molar-refractivity contribution in [3.63, 3.8) is 0 Å². The van der Waals surface area contributed by atoms with Crippen molar-refractivity contribution in [2.75, 3.05) is 0 Å². The standard InChI is InChI=1S/C7H14N2O/c1-6(2,10)4-5-7(3)8-9-7/h10H,4-5H2,1-3H3. The number of hydrogen-bond donors (Lipinski definition) is 1. The van der Waals surface area contributed by atoms with Crippen LogP contribution in [0.25, 0.3) is 0 Å². The number of hydrogen-bond acceptors (Lipinski definition) is 3. The molecule has 0 aromatic carbocycles. The molecule has 10 heavy (non-hydrogen) atoms. The minimum atomic E-state index is -0.573. The van der Waals surface area contributed by atoms with Gasteiger partial charge in [-0.05, 0) is 33.6 Å². The maximum atomic E-state index is 9.33. The first-order valence-corrected chi connectivity index (χ1v) is 3.58. The van der Waals surface area contributed by atoms with Gasteiger partial charge >= 0.3 is 0 Å². The molecule has 0 atom stereocenters. The fourth-order valence-electron chi connectivity index (χ4n) is 0.728. The van der Waals surface area contributed by atoms with E-state index in [2.05, 4.69) is 10.2 Å². The molecular weight excluding hydrogens is 128 g/mol. The molecule has 1 aliphatic rings. The van der Waals surface area contributed by atoms with Crippen LogP contribution in [0.4, 0.5) is 0 Å². The molecule has 1 rings (SSSR count). The van der Waals surface area contributed by atoms with E-state index in [4.69, 9.17) is 0 Å². The van der Waals surface area contributed by atoms with Crippen LogP contribution in [0, 0.1) is 0 Å². The van der Waals surface area contributed by atoms with Gasteiger partial charge in [0.2, 0.25) is 0 Å².